The summed E-state index contributed by atoms with van der Waals surface area (Å²) < 4.78 is 0. The Hall–Kier alpha value is -1.37. The van der Waals surface area contributed by atoms with Crippen LogP contribution in [0.3, 0.4) is 0 Å². The monoisotopic (exact) mass is 256 g/mol. The van der Waals surface area contributed by atoms with Crippen molar-refractivity contribution < 1.29 is 4.79 Å². The molecular weight excluding hydrogens is 232 g/mol. The number of allylic oxidation sites excluding steroid dienone is 1. The van der Waals surface area contributed by atoms with Crippen molar-refractivity contribution >= 4 is 11.9 Å². The molecule has 1 fully saturated rings. The molecule has 0 aliphatic heterocycles. The van der Waals surface area contributed by atoms with Crippen LogP contribution in [0.2, 0.25) is 0 Å². The Morgan fingerprint density at radius 1 is 1.16 bits per heavy atom. The first-order chi connectivity index (χ1) is 9.29. The van der Waals surface area contributed by atoms with Crippen molar-refractivity contribution in [3.05, 3.63) is 42.0 Å². The SMILES string of the molecule is CCCC1CCC(C(=O)/C=C/c2ccccc2)CC1. The van der Waals surface area contributed by atoms with Gasteiger partial charge in [0, 0.05) is 5.92 Å². The zero-order valence-corrected chi connectivity index (χ0v) is 11.8. The predicted molar refractivity (Wildman–Crippen MR) is 80.8 cm³/mol. The van der Waals surface area contributed by atoms with E-state index in [-0.39, 0.29) is 5.92 Å². The molecule has 0 amide bonds. The zero-order chi connectivity index (χ0) is 13.5. The Balaban J connectivity index is 1.83. The van der Waals surface area contributed by atoms with Crippen LogP contribution >= 0.6 is 0 Å². The highest BCUT2D eigenvalue weighted by Crippen LogP contribution is 2.32. The van der Waals surface area contributed by atoms with Gasteiger partial charge in [0.2, 0.25) is 0 Å². The fourth-order valence-corrected chi connectivity index (χ4v) is 3.02. The molecule has 0 N–H and O–H groups in total. The number of hydrogen-bond acceptors (Lipinski definition) is 1. The largest absolute Gasteiger partial charge is 0.295 e. The molecule has 1 heteroatoms. The van der Waals surface area contributed by atoms with Gasteiger partial charge in [0.1, 0.15) is 0 Å². The fourth-order valence-electron chi connectivity index (χ4n) is 3.02. The first kappa shape index (κ1) is 14.0. The third kappa shape index (κ3) is 4.34. The Labute approximate surface area is 116 Å². The average molecular weight is 256 g/mol. The van der Waals surface area contributed by atoms with Crippen molar-refractivity contribution in [2.24, 2.45) is 11.8 Å². The second kappa shape index (κ2) is 7.28. The number of rotatable bonds is 5. The van der Waals surface area contributed by atoms with Crippen molar-refractivity contribution in [3.8, 4) is 0 Å². The molecule has 0 radical (unpaired) electrons. The van der Waals surface area contributed by atoms with Gasteiger partial charge in [0.05, 0.1) is 0 Å². The second-order valence-corrected chi connectivity index (χ2v) is 5.65. The van der Waals surface area contributed by atoms with Crippen molar-refractivity contribution in [2.45, 2.75) is 45.4 Å². The van der Waals surface area contributed by atoms with Crippen LogP contribution in [0.5, 0.6) is 0 Å². The summed E-state index contributed by atoms with van der Waals surface area (Å²) in [5.74, 6) is 1.46. The molecule has 0 saturated heterocycles. The van der Waals surface area contributed by atoms with Gasteiger partial charge in [0.25, 0.3) is 0 Å². The van der Waals surface area contributed by atoms with Crippen molar-refractivity contribution in [1.82, 2.24) is 0 Å². The maximum atomic E-state index is 12.1. The standard InChI is InChI=1S/C18H24O/c1-2-6-15-9-12-17(13-10-15)18(19)14-11-16-7-4-3-5-8-16/h3-5,7-8,11,14-15,17H,2,6,9-10,12-13H2,1H3/b14-11+. The molecule has 0 heterocycles. The lowest BCUT2D eigenvalue weighted by Crippen LogP contribution is -2.20. The van der Waals surface area contributed by atoms with Crippen LogP contribution in [-0.4, -0.2) is 5.78 Å². The molecule has 1 aromatic carbocycles. The maximum absolute atomic E-state index is 12.1. The molecule has 0 atom stereocenters. The van der Waals surface area contributed by atoms with E-state index in [4.69, 9.17) is 0 Å². The molecule has 0 bridgehead atoms. The fraction of sp³-hybridized carbons (Fsp3) is 0.500. The Bertz CT molecular complexity index is 411. The molecule has 0 spiro atoms. The Morgan fingerprint density at radius 2 is 1.84 bits per heavy atom. The summed E-state index contributed by atoms with van der Waals surface area (Å²) in [6, 6.07) is 10.1. The minimum atomic E-state index is 0.271. The third-order valence-corrected chi connectivity index (χ3v) is 4.19. The number of ketones is 1. The van der Waals surface area contributed by atoms with Gasteiger partial charge in [0.15, 0.2) is 5.78 Å². The van der Waals surface area contributed by atoms with Gasteiger partial charge in [-0.15, -0.1) is 0 Å². The van der Waals surface area contributed by atoms with E-state index in [9.17, 15) is 4.79 Å². The third-order valence-electron chi connectivity index (χ3n) is 4.19. The molecule has 0 aromatic heterocycles. The van der Waals surface area contributed by atoms with Crippen LogP contribution in [0.15, 0.2) is 36.4 Å². The summed E-state index contributed by atoms with van der Waals surface area (Å²) in [7, 11) is 0. The van der Waals surface area contributed by atoms with Crippen LogP contribution in [0, 0.1) is 11.8 Å². The van der Waals surface area contributed by atoms with Crippen LogP contribution in [0.1, 0.15) is 51.0 Å². The van der Waals surface area contributed by atoms with E-state index in [0.29, 0.717) is 5.78 Å². The van der Waals surface area contributed by atoms with E-state index in [0.717, 1.165) is 24.3 Å². The molecule has 1 aromatic rings. The number of benzene rings is 1. The highest BCUT2D eigenvalue weighted by molar-refractivity contribution is 5.95. The van der Waals surface area contributed by atoms with Crippen LogP contribution in [-0.2, 0) is 4.79 Å². The zero-order valence-electron chi connectivity index (χ0n) is 11.8. The van der Waals surface area contributed by atoms with Crippen molar-refractivity contribution in [1.29, 1.82) is 0 Å². The van der Waals surface area contributed by atoms with E-state index in [1.807, 2.05) is 36.4 Å². The Kier molecular flexibility index (Phi) is 5.38. The van der Waals surface area contributed by atoms with Crippen LogP contribution < -0.4 is 0 Å². The van der Waals surface area contributed by atoms with Crippen LogP contribution in [0.25, 0.3) is 6.08 Å². The molecule has 2 rings (SSSR count). The van der Waals surface area contributed by atoms with E-state index in [1.165, 1.54) is 25.7 Å². The predicted octanol–water partition coefficient (Wildman–Crippen LogP) is 4.88. The smallest absolute Gasteiger partial charge is 0.158 e. The number of carbonyl (C=O) groups is 1. The van der Waals surface area contributed by atoms with Crippen molar-refractivity contribution in [2.75, 3.05) is 0 Å². The van der Waals surface area contributed by atoms with Gasteiger partial charge >= 0.3 is 0 Å². The van der Waals surface area contributed by atoms with Gasteiger partial charge in [-0.2, -0.15) is 0 Å². The molecule has 1 aliphatic rings. The first-order valence-corrected chi connectivity index (χ1v) is 7.56. The number of hydrogen-bond donors (Lipinski definition) is 0. The van der Waals surface area contributed by atoms with Gasteiger partial charge in [-0.05, 0) is 43.2 Å². The lowest BCUT2D eigenvalue weighted by molar-refractivity contribution is -0.119. The van der Waals surface area contributed by atoms with Gasteiger partial charge < -0.3 is 0 Å². The summed E-state index contributed by atoms with van der Waals surface area (Å²) in [4.78, 5) is 12.1. The quantitative estimate of drug-likeness (QED) is 0.686. The lowest BCUT2D eigenvalue weighted by Gasteiger charge is -2.26. The van der Waals surface area contributed by atoms with Gasteiger partial charge in [-0.3, -0.25) is 4.79 Å². The second-order valence-electron chi connectivity index (χ2n) is 5.65. The normalized spacial score (nSPS) is 23.6. The van der Waals surface area contributed by atoms with Gasteiger partial charge in [-0.25, -0.2) is 0 Å². The highest BCUT2D eigenvalue weighted by Gasteiger charge is 2.24. The first-order valence-electron chi connectivity index (χ1n) is 7.56. The van der Waals surface area contributed by atoms with E-state index in [1.54, 1.807) is 6.08 Å². The van der Waals surface area contributed by atoms with E-state index >= 15 is 0 Å². The summed E-state index contributed by atoms with van der Waals surface area (Å²) in [6.45, 7) is 2.25. The average Bonchev–Trinajstić information content (AvgIpc) is 2.47. The molecule has 19 heavy (non-hydrogen) atoms. The molecule has 0 unspecified atom stereocenters. The minimum Gasteiger partial charge on any atom is -0.295 e. The minimum absolute atomic E-state index is 0.271. The van der Waals surface area contributed by atoms with E-state index in [2.05, 4.69) is 6.92 Å². The molecule has 1 saturated carbocycles. The van der Waals surface area contributed by atoms with Gasteiger partial charge in [-0.1, -0.05) is 56.2 Å². The summed E-state index contributed by atoms with van der Waals surface area (Å²) >= 11 is 0. The number of carbonyl (C=O) groups excluding carboxylic acids is 1. The maximum Gasteiger partial charge on any atom is 0.158 e. The molecular formula is C18H24O. The Morgan fingerprint density at radius 3 is 2.47 bits per heavy atom. The molecule has 1 aliphatic carbocycles. The molecule has 1 nitrogen and oxygen atoms in total. The summed E-state index contributed by atoms with van der Waals surface area (Å²) in [6.07, 6.45) is 11.0. The summed E-state index contributed by atoms with van der Waals surface area (Å²) in [5, 5.41) is 0. The lowest BCUT2D eigenvalue weighted by atomic mass is 9.78. The summed E-state index contributed by atoms with van der Waals surface area (Å²) in [5.41, 5.74) is 1.11. The topological polar surface area (TPSA) is 17.1 Å². The molecule has 102 valence electrons. The van der Waals surface area contributed by atoms with Crippen LogP contribution in [0.4, 0.5) is 0 Å². The van der Waals surface area contributed by atoms with Crippen molar-refractivity contribution in [3.63, 3.8) is 0 Å². The van der Waals surface area contributed by atoms with E-state index < -0.39 is 0 Å². The highest BCUT2D eigenvalue weighted by atomic mass is 16.1.